The third-order valence-electron chi connectivity index (χ3n) is 4.09. The van der Waals surface area contributed by atoms with Crippen LogP contribution < -0.4 is 20.1 Å². The summed E-state index contributed by atoms with van der Waals surface area (Å²) in [5.41, 5.74) is -0.0550. The van der Waals surface area contributed by atoms with Gasteiger partial charge in [0.15, 0.2) is 17.1 Å². The van der Waals surface area contributed by atoms with Gasteiger partial charge in [-0.3, -0.25) is 0 Å². The summed E-state index contributed by atoms with van der Waals surface area (Å²) in [6, 6.07) is 7.15. The number of nitrogens with one attached hydrogen (secondary N) is 2. The van der Waals surface area contributed by atoms with Crippen LogP contribution in [0.5, 0.6) is 17.4 Å². The number of benzene rings is 1. The fraction of sp³-hybridized carbons (Fsp3) is 0.375. The van der Waals surface area contributed by atoms with Crippen LogP contribution in [0.3, 0.4) is 0 Å². The van der Waals surface area contributed by atoms with Crippen molar-refractivity contribution in [3.63, 3.8) is 0 Å². The lowest BCUT2D eigenvalue weighted by Gasteiger charge is -2.20. The Balaban J connectivity index is 0.000000271. The number of carboxylic acid groups (broad SMARTS) is 1. The minimum atomic E-state index is -1.07. The van der Waals surface area contributed by atoms with E-state index in [1.165, 1.54) is 49.1 Å². The minimum Gasteiger partial charge on any atom is -0.479 e. The van der Waals surface area contributed by atoms with Gasteiger partial charge in [-0.05, 0) is 71.2 Å². The van der Waals surface area contributed by atoms with Gasteiger partial charge in [-0.15, -0.1) is 0 Å². The summed E-state index contributed by atoms with van der Waals surface area (Å²) in [7, 11) is 0. The Morgan fingerprint density at radius 3 is 2.32 bits per heavy atom. The Hall–Kier alpha value is -3.38. The van der Waals surface area contributed by atoms with Gasteiger partial charge in [0.05, 0.1) is 5.02 Å². The maximum Gasteiger partial charge on any atom is 0.344 e. The highest BCUT2D eigenvalue weighted by Gasteiger charge is 2.14. The zero-order valence-electron chi connectivity index (χ0n) is 21.4. The molecule has 200 valence electrons. The van der Waals surface area contributed by atoms with Crippen molar-refractivity contribution in [3.05, 3.63) is 47.4 Å². The number of aromatic nitrogens is 4. The lowest BCUT2D eigenvalue weighted by atomic mass is 10.1. The maximum absolute atomic E-state index is 13.5. The molecule has 0 amide bonds. The second kappa shape index (κ2) is 13.8. The highest BCUT2D eigenvalue weighted by atomic mass is 35.5. The summed E-state index contributed by atoms with van der Waals surface area (Å²) >= 11 is 7.10. The number of anilines is 2. The standard InChI is InChI=1S/C14H11ClFNO4.C10H19N5S/c1-8(14(18)19)20-10-2-4-11(5-3-10)21-13-12(16)6-9(15)7-17-13;1-6-11-7-12-8(15-10(2,3)4)14-9(13-7)16-5/h2-8H,1H3,(H,18,19);6H2,1-5H3,(H2,11,12,13,14,15)/t8-;/m1./s1. The number of rotatable bonds is 9. The molecule has 13 heteroatoms. The number of carbonyl (C=O) groups is 1. The first-order valence-corrected chi connectivity index (χ1v) is 12.8. The van der Waals surface area contributed by atoms with Crippen molar-refractivity contribution in [2.45, 2.75) is 51.4 Å². The van der Waals surface area contributed by atoms with Crippen LogP contribution in [0.4, 0.5) is 16.3 Å². The molecule has 1 aromatic carbocycles. The fourth-order valence-electron chi connectivity index (χ4n) is 2.51. The molecule has 3 N–H and O–H groups in total. The molecule has 3 aromatic rings. The average Bonchev–Trinajstić information content (AvgIpc) is 2.81. The van der Waals surface area contributed by atoms with Gasteiger partial charge in [-0.2, -0.15) is 15.0 Å². The molecule has 0 aliphatic rings. The SMILES string of the molecule is CCNc1nc(NC(C)(C)C)nc(SC)n1.C[C@@H](Oc1ccc(Oc2ncc(Cl)cc2F)cc1)C(=O)O. The number of nitrogens with zero attached hydrogens (tertiary/aromatic N) is 4. The van der Waals surface area contributed by atoms with E-state index in [4.69, 9.17) is 26.2 Å². The highest BCUT2D eigenvalue weighted by molar-refractivity contribution is 7.98. The molecule has 3 rings (SSSR count). The van der Waals surface area contributed by atoms with Crippen molar-refractivity contribution < 1.29 is 23.8 Å². The molecular formula is C24H30ClFN6O4S. The van der Waals surface area contributed by atoms with Crippen molar-refractivity contribution in [2.24, 2.45) is 0 Å². The topological polar surface area (TPSA) is 131 Å². The Kier molecular flexibility index (Phi) is 11.1. The van der Waals surface area contributed by atoms with Crippen molar-refractivity contribution in [1.82, 2.24) is 19.9 Å². The Morgan fingerprint density at radius 2 is 1.78 bits per heavy atom. The molecule has 0 bridgehead atoms. The van der Waals surface area contributed by atoms with Gasteiger partial charge < -0.3 is 25.2 Å². The third kappa shape index (κ3) is 10.6. The summed E-state index contributed by atoms with van der Waals surface area (Å²) in [6.07, 6.45) is 2.25. The summed E-state index contributed by atoms with van der Waals surface area (Å²) in [6.45, 7) is 10.4. The number of aliphatic carboxylic acids is 1. The lowest BCUT2D eigenvalue weighted by molar-refractivity contribution is -0.144. The van der Waals surface area contributed by atoms with E-state index in [-0.39, 0.29) is 16.4 Å². The number of carboxylic acids is 1. The van der Waals surface area contributed by atoms with Gasteiger partial charge in [0.1, 0.15) is 11.5 Å². The van der Waals surface area contributed by atoms with E-state index in [0.29, 0.717) is 23.4 Å². The second-order valence-corrected chi connectivity index (χ2v) is 9.70. The predicted molar refractivity (Wildman–Crippen MR) is 143 cm³/mol. The normalized spacial score (nSPS) is 11.6. The van der Waals surface area contributed by atoms with Crippen molar-refractivity contribution >= 4 is 41.2 Å². The third-order valence-corrected chi connectivity index (χ3v) is 4.85. The van der Waals surface area contributed by atoms with Crippen LogP contribution in [0.15, 0.2) is 41.7 Å². The van der Waals surface area contributed by atoms with E-state index >= 15 is 0 Å². The van der Waals surface area contributed by atoms with E-state index in [1.54, 1.807) is 0 Å². The lowest BCUT2D eigenvalue weighted by Crippen LogP contribution is -2.27. The van der Waals surface area contributed by atoms with Gasteiger partial charge in [0.2, 0.25) is 11.9 Å². The molecule has 0 aliphatic heterocycles. The molecular weight excluding hydrogens is 523 g/mol. The molecule has 0 aliphatic carbocycles. The second-order valence-electron chi connectivity index (χ2n) is 8.49. The first kappa shape index (κ1) is 29.8. The number of pyridine rings is 1. The van der Waals surface area contributed by atoms with Crippen LogP contribution in [0.25, 0.3) is 0 Å². The van der Waals surface area contributed by atoms with E-state index in [9.17, 15) is 9.18 Å². The molecule has 0 spiro atoms. The molecule has 0 saturated heterocycles. The van der Waals surface area contributed by atoms with Crippen LogP contribution in [0.2, 0.25) is 5.02 Å². The van der Waals surface area contributed by atoms with E-state index in [0.717, 1.165) is 17.8 Å². The molecule has 2 heterocycles. The predicted octanol–water partition coefficient (Wildman–Crippen LogP) is 5.75. The summed E-state index contributed by atoms with van der Waals surface area (Å²) in [5.74, 6) is -0.0192. The molecule has 37 heavy (non-hydrogen) atoms. The minimum absolute atomic E-state index is 0.0550. The Labute approximate surface area is 224 Å². The van der Waals surface area contributed by atoms with Crippen LogP contribution in [0.1, 0.15) is 34.6 Å². The monoisotopic (exact) mass is 552 g/mol. The molecule has 0 unspecified atom stereocenters. The number of halogens is 2. The zero-order chi connectivity index (χ0) is 27.6. The van der Waals surface area contributed by atoms with E-state index < -0.39 is 17.9 Å². The van der Waals surface area contributed by atoms with Crippen LogP contribution >= 0.6 is 23.4 Å². The first-order chi connectivity index (χ1) is 17.4. The first-order valence-electron chi connectivity index (χ1n) is 11.2. The Bertz CT molecular complexity index is 1180. The van der Waals surface area contributed by atoms with Crippen molar-refractivity contribution in [2.75, 3.05) is 23.4 Å². The van der Waals surface area contributed by atoms with Crippen molar-refractivity contribution in [3.8, 4) is 17.4 Å². The molecule has 0 radical (unpaired) electrons. The number of hydrogen-bond donors (Lipinski definition) is 3. The number of thioether (sulfide) groups is 1. The van der Waals surface area contributed by atoms with Gasteiger partial charge in [-0.1, -0.05) is 23.4 Å². The highest BCUT2D eigenvalue weighted by Crippen LogP contribution is 2.26. The molecule has 1 atom stereocenters. The van der Waals surface area contributed by atoms with Crippen molar-refractivity contribution in [1.29, 1.82) is 0 Å². The van der Waals surface area contributed by atoms with Crippen LogP contribution in [-0.2, 0) is 4.79 Å². The molecule has 2 aromatic heterocycles. The van der Waals surface area contributed by atoms with Crippen LogP contribution in [-0.4, -0.2) is 55.5 Å². The average molecular weight is 553 g/mol. The molecule has 10 nitrogen and oxygen atoms in total. The summed E-state index contributed by atoms with van der Waals surface area (Å²) < 4.78 is 23.9. The van der Waals surface area contributed by atoms with Gasteiger partial charge in [0.25, 0.3) is 5.88 Å². The number of hydrogen-bond acceptors (Lipinski definition) is 10. The Morgan fingerprint density at radius 1 is 1.16 bits per heavy atom. The molecule has 0 saturated carbocycles. The van der Waals surface area contributed by atoms with Gasteiger partial charge >= 0.3 is 5.97 Å². The van der Waals surface area contributed by atoms with Gasteiger partial charge in [0, 0.05) is 18.3 Å². The summed E-state index contributed by atoms with van der Waals surface area (Å²) in [4.78, 5) is 27.3. The fourth-order valence-corrected chi connectivity index (χ4v) is 3.01. The van der Waals surface area contributed by atoms with Gasteiger partial charge in [-0.25, -0.2) is 14.2 Å². The smallest absolute Gasteiger partial charge is 0.344 e. The zero-order valence-corrected chi connectivity index (χ0v) is 22.9. The quantitative estimate of drug-likeness (QED) is 0.280. The van der Waals surface area contributed by atoms with E-state index in [2.05, 4.69) is 51.3 Å². The maximum atomic E-state index is 13.5. The molecule has 0 fully saturated rings. The number of ether oxygens (including phenoxy) is 2. The van der Waals surface area contributed by atoms with E-state index in [1.807, 2.05) is 13.2 Å². The van der Waals surface area contributed by atoms with Crippen LogP contribution in [0, 0.1) is 5.82 Å². The summed E-state index contributed by atoms with van der Waals surface area (Å²) in [5, 5.41) is 16.0. The largest absolute Gasteiger partial charge is 0.479 e.